The van der Waals surface area contributed by atoms with Crippen molar-refractivity contribution >= 4 is 17.3 Å². The maximum Gasteiger partial charge on any atom is 0.292 e. The summed E-state index contributed by atoms with van der Waals surface area (Å²) in [5, 5.41) is 22.3. The van der Waals surface area contributed by atoms with Gasteiger partial charge in [0.15, 0.2) is 0 Å². The molecular weight excluding hydrogens is 250 g/mol. The predicted molar refractivity (Wildman–Crippen MR) is 71.1 cm³/mol. The summed E-state index contributed by atoms with van der Waals surface area (Å²) < 4.78 is 0. The standard InChI is InChI=1S/C12H17N3O4/c1-9(8-16)13-12(17)7-14(2)10-5-3-4-6-11(10)15(18)19/h3-6,9,16H,7-8H2,1-2H3,(H,13,17). The van der Waals surface area contributed by atoms with E-state index < -0.39 is 4.92 Å². The lowest BCUT2D eigenvalue weighted by molar-refractivity contribution is -0.384. The highest BCUT2D eigenvalue weighted by Gasteiger charge is 2.18. The minimum atomic E-state index is -0.486. The van der Waals surface area contributed by atoms with E-state index in [2.05, 4.69) is 5.32 Å². The van der Waals surface area contributed by atoms with Gasteiger partial charge in [0, 0.05) is 19.2 Å². The summed E-state index contributed by atoms with van der Waals surface area (Å²) in [5.74, 6) is -0.304. The molecule has 1 aromatic rings. The Balaban J connectivity index is 2.76. The van der Waals surface area contributed by atoms with Crippen LogP contribution in [0.1, 0.15) is 6.92 Å². The lowest BCUT2D eigenvalue weighted by Crippen LogP contribution is -2.41. The SMILES string of the molecule is CC(CO)NC(=O)CN(C)c1ccccc1[N+](=O)[O-]. The van der Waals surface area contributed by atoms with Gasteiger partial charge in [0.05, 0.1) is 18.1 Å². The number of nitrogens with one attached hydrogen (secondary N) is 1. The smallest absolute Gasteiger partial charge is 0.292 e. The molecule has 0 saturated heterocycles. The molecule has 7 heteroatoms. The lowest BCUT2D eigenvalue weighted by atomic mass is 10.2. The minimum absolute atomic E-state index is 0.0187. The number of hydrogen-bond donors (Lipinski definition) is 2. The molecule has 0 aliphatic rings. The van der Waals surface area contributed by atoms with Gasteiger partial charge in [-0.05, 0) is 13.0 Å². The number of nitrogens with zero attached hydrogens (tertiary/aromatic N) is 2. The number of carbonyl (C=O) groups is 1. The summed E-state index contributed by atoms with van der Waals surface area (Å²) in [6.07, 6.45) is 0. The number of nitro groups is 1. The van der Waals surface area contributed by atoms with Crippen molar-refractivity contribution in [2.24, 2.45) is 0 Å². The van der Waals surface area contributed by atoms with Crippen molar-refractivity contribution in [2.75, 3.05) is 25.1 Å². The quantitative estimate of drug-likeness (QED) is 0.579. The molecule has 0 heterocycles. The minimum Gasteiger partial charge on any atom is -0.394 e. The van der Waals surface area contributed by atoms with Crippen LogP contribution in [0.4, 0.5) is 11.4 Å². The summed E-state index contributed by atoms with van der Waals surface area (Å²) in [4.78, 5) is 23.5. The van der Waals surface area contributed by atoms with Crippen LogP contribution in [0.5, 0.6) is 0 Å². The van der Waals surface area contributed by atoms with Gasteiger partial charge in [-0.25, -0.2) is 0 Å². The van der Waals surface area contributed by atoms with E-state index in [1.54, 1.807) is 32.2 Å². The van der Waals surface area contributed by atoms with E-state index in [4.69, 9.17) is 5.11 Å². The van der Waals surface area contributed by atoms with E-state index in [1.165, 1.54) is 11.0 Å². The number of para-hydroxylation sites is 2. The summed E-state index contributed by atoms with van der Waals surface area (Å²) >= 11 is 0. The second-order valence-corrected chi connectivity index (χ2v) is 4.25. The molecule has 7 nitrogen and oxygen atoms in total. The highest BCUT2D eigenvalue weighted by Crippen LogP contribution is 2.26. The van der Waals surface area contributed by atoms with Gasteiger partial charge in [0.25, 0.3) is 5.69 Å². The van der Waals surface area contributed by atoms with E-state index in [0.717, 1.165) is 0 Å². The number of carbonyl (C=O) groups excluding carboxylic acids is 1. The van der Waals surface area contributed by atoms with Gasteiger partial charge in [0.2, 0.25) is 5.91 Å². The Morgan fingerprint density at radius 2 is 2.16 bits per heavy atom. The van der Waals surface area contributed by atoms with Crippen LogP contribution in [0, 0.1) is 10.1 Å². The van der Waals surface area contributed by atoms with Crippen LogP contribution in [-0.4, -0.2) is 42.2 Å². The Labute approximate surface area is 111 Å². The molecule has 0 saturated carbocycles. The predicted octanol–water partition coefficient (Wildman–Crippen LogP) is 0.528. The fourth-order valence-corrected chi connectivity index (χ4v) is 1.61. The van der Waals surface area contributed by atoms with Crippen LogP contribution in [-0.2, 0) is 4.79 Å². The number of rotatable bonds is 6. The average molecular weight is 267 g/mol. The number of anilines is 1. The summed E-state index contributed by atoms with van der Waals surface area (Å²) in [7, 11) is 1.60. The first-order valence-corrected chi connectivity index (χ1v) is 5.80. The molecular formula is C12H17N3O4. The van der Waals surface area contributed by atoms with Crippen LogP contribution in [0.15, 0.2) is 24.3 Å². The molecule has 1 unspecified atom stereocenters. The zero-order valence-electron chi connectivity index (χ0n) is 10.9. The first kappa shape index (κ1) is 14.9. The molecule has 1 amide bonds. The van der Waals surface area contributed by atoms with Crippen molar-refractivity contribution in [3.63, 3.8) is 0 Å². The van der Waals surface area contributed by atoms with Gasteiger partial charge in [0.1, 0.15) is 5.69 Å². The maximum atomic E-state index is 11.6. The molecule has 0 radical (unpaired) electrons. The molecule has 0 aromatic heterocycles. The first-order valence-electron chi connectivity index (χ1n) is 5.80. The van der Waals surface area contributed by atoms with Gasteiger partial charge in [-0.3, -0.25) is 14.9 Å². The van der Waals surface area contributed by atoms with E-state index in [9.17, 15) is 14.9 Å². The third-order valence-corrected chi connectivity index (χ3v) is 2.55. The van der Waals surface area contributed by atoms with Gasteiger partial charge in [-0.2, -0.15) is 0 Å². The Kier molecular flexibility index (Phi) is 5.25. The molecule has 0 spiro atoms. The lowest BCUT2D eigenvalue weighted by Gasteiger charge is -2.19. The van der Waals surface area contributed by atoms with Crippen molar-refractivity contribution in [3.05, 3.63) is 34.4 Å². The largest absolute Gasteiger partial charge is 0.394 e. The van der Waals surface area contributed by atoms with Crippen LogP contribution >= 0.6 is 0 Å². The number of amides is 1. The van der Waals surface area contributed by atoms with Crippen LogP contribution in [0.3, 0.4) is 0 Å². The van der Waals surface area contributed by atoms with Crippen LogP contribution in [0.25, 0.3) is 0 Å². The second kappa shape index (κ2) is 6.69. The number of aliphatic hydroxyl groups excluding tert-OH is 1. The number of aliphatic hydroxyl groups is 1. The number of benzene rings is 1. The molecule has 1 atom stereocenters. The molecule has 0 aliphatic carbocycles. The Hall–Kier alpha value is -2.15. The molecule has 0 bridgehead atoms. The normalized spacial score (nSPS) is 11.7. The molecule has 0 aliphatic heterocycles. The van der Waals surface area contributed by atoms with E-state index >= 15 is 0 Å². The zero-order chi connectivity index (χ0) is 14.4. The highest BCUT2D eigenvalue weighted by molar-refractivity contribution is 5.82. The van der Waals surface area contributed by atoms with E-state index in [0.29, 0.717) is 5.69 Å². The van der Waals surface area contributed by atoms with Crippen molar-refractivity contribution in [1.29, 1.82) is 0 Å². The highest BCUT2D eigenvalue weighted by atomic mass is 16.6. The van der Waals surface area contributed by atoms with Gasteiger partial charge < -0.3 is 15.3 Å². The molecule has 0 fully saturated rings. The summed E-state index contributed by atoms with van der Waals surface area (Å²) in [6, 6.07) is 5.88. The number of nitro benzene ring substituents is 1. The van der Waals surface area contributed by atoms with E-state index in [-0.39, 0.29) is 30.8 Å². The van der Waals surface area contributed by atoms with Crippen molar-refractivity contribution in [1.82, 2.24) is 5.32 Å². The van der Waals surface area contributed by atoms with E-state index in [1.807, 2.05) is 0 Å². The summed E-state index contributed by atoms with van der Waals surface area (Å²) in [5.41, 5.74) is 0.326. The maximum absolute atomic E-state index is 11.6. The van der Waals surface area contributed by atoms with Gasteiger partial charge in [-0.15, -0.1) is 0 Å². The fourth-order valence-electron chi connectivity index (χ4n) is 1.61. The monoisotopic (exact) mass is 267 g/mol. The van der Waals surface area contributed by atoms with Crippen LogP contribution < -0.4 is 10.2 Å². The Morgan fingerprint density at radius 3 is 2.74 bits per heavy atom. The topological polar surface area (TPSA) is 95.7 Å². The van der Waals surface area contributed by atoms with Gasteiger partial charge >= 0.3 is 0 Å². The molecule has 1 aromatic carbocycles. The third-order valence-electron chi connectivity index (χ3n) is 2.55. The molecule has 104 valence electrons. The first-order chi connectivity index (χ1) is 8.95. The average Bonchev–Trinajstić information content (AvgIpc) is 2.38. The van der Waals surface area contributed by atoms with Crippen molar-refractivity contribution in [2.45, 2.75) is 13.0 Å². The zero-order valence-corrected chi connectivity index (χ0v) is 10.9. The van der Waals surface area contributed by atoms with Crippen molar-refractivity contribution in [3.8, 4) is 0 Å². The molecule has 19 heavy (non-hydrogen) atoms. The Bertz CT molecular complexity index is 464. The summed E-state index contributed by atoms with van der Waals surface area (Å²) in [6.45, 7) is 1.50. The molecule has 1 rings (SSSR count). The third kappa shape index (κ3) is 4.22. The number of hydrogen-bond acceptors (Lipinski definition) is 5. The second-order valence-electron chi connectivity index (χ2n) is 4.25. The fraction of sp³-hybridized carbons (Fsp3) is 0.417. The Morgan fingerprint density at radius 1 is 1.53 bits per heavy atom. The molecule has 2 N–H and O–H groups in total. The number of likely N-dealkylation sites (N-methyl/N-ethyl adjacent to an activating group) is 1. The van der Waals surface area contributed by atoms with Crippen molar-refractivity contribution < 1.29 is 14.8 Å². The van der Waals surface area contributed by atoms with Crippen LogP contribution in [0.2, 0.25) is 0 Å². The van der Waals surface area contributed by atoms with Gasteiger partial charge in [-0.1, -0.05) is 12.1 Å².